The number of nitrogens with one attached hydrogen (secondary N) is 1. The molecule has 8 nitrogen and oxygen atoms in total. The van der Waals surface area contributed by atoms with Gasteiger partial charge in [0.1, 0.15) is 18.0 Å². The lowest BCUT2D eigenvalue weighted by Crippen LogP contribution is -2.52. The van der Waals surface area contributed by atoms with Crippen molar-refractivity contribution in [2.75, 3.05) is 11.9 Å². The first-order chi connectivity index (χ1) is 15.7. The minimum atomic E-state index is -3.59. The average molecular weight is 504 g/mol. The third-order valence-corrected chi connectivity index (χ3v) is 11.2. The fourth-order valence-corrected chi connectivity index (χ4v) is 5.04. The Balaban J connectivity index is 2.28. The van der Waals surface area contributed by atoms with E-state index >= 15 is 8.78 Å². The summed E-state index contributed by atoms with van der Waals surface area (Å²) in [6.45, 7) is 12.7. The van der Waals surface area contributed by atoms with Gasteiger partial charge in [-0.1, -0.05) is 47.5 Å². The number of aromatic nitrogens is 2. The van der Waals surface area contributed by atoms with E-state index in [-0.39, 0.29) is 22.7 Å². The number of hydrogen-bond donors (Lipinski definition) is 2. The van der Waals surface area contributed by atoms with Crippen LogP contribution in [0.3, 0.4) is 0 Å². The molecule has 1 aromatic heterocycles. The molecule has 0 aliphatic carbocycles. The van der Waals surface area contributed by atoms with Gasteiger partial charge in [-0.3, -0.25) is 9.36 Å². The molecule has 1 aromatic rings. The lowest BCUT2D eigenvalue weighted by molar-refractivity contribution is -0.138. The highest BCUT2D eigenvalue weighted by Crippen LogP contribution is 2.47. The van der Waals surface area contributed by atoms with E-state index in [0.29, 0.717) is 17.4 Å². The van der Waals surface area contributed by atoms with E-state index in [4.69, 9.17) is 9.16 Å². The van der Waals surface area contributed by atoms with Crippen molar-refractivity contribution in [2.24, 2.45) is 5.92 Å². The number of aliphatic hydroxyl groups excluding tert-OH is 1. The van der Waals surface area contributed by atoms with Crippen LogP contribution in [0.1, 0.15) is 66.5 Å². The van der Waals surface area contributed by atoms with Gasteiger partial charge in [0.2, 0.25) is 12.1 Å². The van der Waals surface area contributed by atoms with Crippen LogP contribution in [-0.4, -0.2) is 53.6 Å². The highest BCUT2D eigenvalue weighted by molar-refractivity contribution is 6.74. The van der Waals surface area contributed by atoms with Gasteiger partial charge in [0, 0.05) is 12.1 Å². The van der Waals surface area contributed by atoms with Gasteiger partial charge < -0.3 is 19.6 Å². The fourth-order valence-electron chi connectivity index (χ4n) is 3.75. The van der Waals surface area contributed by atoms with Crippen molar-refractivity contribution in [1.82, 2.24) is 9.55 Å². The van der Waals surface area contributed by atoms with Crippen molar-refractivity contribution in [3.63, 3.8) is 0 Å². The van der Waals surface area contributed by atoms with Crippen LogP contribution in [0, 0.1) is 5.92 Å². The van der Waals surface area contributed by atoms with E-state index < -0.39 is 45.0 Å². The summed E-state index contributed by atoms with van der Waals surface area (Å²) in [4.78, 5) is 29.0. The SMILES string of the molecule is CCCC(CCC)C(=O)Nc1ccn([C@@H]2O[C@H](CO)[C@H](O[Si](C)(C)C(C)(C)C)C2(F)F)c(=O)n1. The zero-order valence-electron chi connectivity index (χ0n) is 21.2. The zero-order chi connectivity index (χ0) is 25.9. The summed E-state index contributed by atoms with van der Waals surface area (Å²) in [5.41, 5.74) is -0.991. The largest absolute Gasteiger partial charge is 0.405 e. The zero-order valence-corrected chi connectivity index (χ0v) is 22.2. The molecule has 1 fully saturated rings. The smallest absolute Gasteiger partial charge is 0.351 e. The predicted molar refractivity (Wildman–Crippen MR) is 128 cm³/mol. The van der Waals surface area contributed by atoms with E-state index in [1.807, 2.05) is 47.7 Å². The van der Waals surface area contributed by atoms with Crippen molar-refractivity contribution >= 4 is 20.0 Å². The first-order valence-corrected chi connectivity index (χ1v) is 14.8. The Morgan fingerprint density at radius 2 is 1.91 bits per heavy atom. The second kappa shape index (κ2) is 10.9. The minimum Gasteiger partial charge on any atom is -0.405 e. The number of anilines is 1. The normalized spacial score (nSPS) is 22.9. The number of nitrogens with zero attached hydrogens (tertiary/aromatic N) is 2. The molecule has 194 valence electrons. The molecular weight excluding hydrogens is 464 g/mol. The maximum atomic E-state index is 15.5. The Hall–Kier alpha value is -1.69. The van der Waals surface area contributed by atoms with Gasteiger partial charge in [0.25, 0.3) is 0 Å². The monoisotopic (exact) mass is 503 g/mol. The Kier molecular flexibility index (Phi) is 9.17. The van der Waals surface area contributed by atoms with Crippen LogP contribution in [0.25, 0.3) is 0 Å². The van der Waals surface area contributed by atoms with Crippen molar-refractivity contribution in [1.29, 1.82) is 0 Å². The number of ether oxygens (including phenoxy) is 1. The van der Waals surface area contributed by atoms with Crippen molar-refractivity contribution in [3.8, 4) is 0 Å². The highest BCUT2D eigenvalue weighted by atomic mass is 28.4. The summed E-state index contributed by atoms with van der Waals surface area (Å²) >= 11 is 0. The summed E-state index contributed by atoms with van der Waals surface area (Å²) in [7, 11) is -2.63. The lowest BCUT2D eigenvalue weighted by atomic mass is 9.97. The molecule has 3 atom stereocenters. The topological polar surface area (TPSA) is 103 Å². The Labute approximate surface area is 201 Å². The third-order valence-electron chi connectivity index (χ3n) is 6.74. The average Bonchev–Trinajstić information content (AvgIpc) is 2.96. The number of carbonyl (C=O) groups excluding carboxylic acids is 1. The number of alkyl halides is 2. The molecule has 11 heteroatoms. The van der Waals surface area contributed by atoms with Crippen LogP contribution < -0.4 is 11.0 Å². The lowest BCUT2D eigenvalue weighted by Gasteiger charge is -2.40. The molecule has 0 bridgehead atoms. The molecule has 0 aromatic carbocycles. The first-order valence-electron chi connectivity index (χ1n) is 11.9. The second-order valence-corrected chi connectivity index (χ2v) is 15.2. The van der Waals surface area contributed by atoms with Gasteiger partial charge >= 0.3 is 11.6 Å². The van der Waals surface area contributed by atoms with Crippen molar-refractivity contribution in [2.45, 2.75) is 103 Å². The molecule has 1 aliphatic heterocycles. The predicted octanol–water partition coefficient (Wildman–Crippen LogP) is 4.31. The summed E-state index contributed by atoms with van der Waals surface area (Å²) < 4.78 is 43.0. The molecule has 1 aliphatic rings. The summed E-state index contributed by atoms with van der Waals surface area (Å²) in [5.74, 6) is -4.05. The standard InChI is InChI=1S/C23H39F2N3O5Si/c1-8-10-15(11-9-2)19(30)26-17-12-13-28(21(31)27-17)20-23(24,25)18(16(14-29)32-20)33-34(6,7)22(3,4)5/h12-13,15-16,18,20,29H,8-11,14H2,1-7H3,(H,26,27,30,31)/t16-,18+,20-/m1/s1. The molecule has 0 unspecified atom stereocenters. The molecule has 34 heavy (non-hydrogen) atoms. The van der Waals surface area contributed by atoms with E-state index in [1.54, 1.807) is 0 Å². The van der Waals surface area contributed by atoms with E-state index in [1.165, 1.54) is 6.07 Å². The number of halogens is 2. The molecule has 1 saturated heterocycles. The molecule has 2 rings (SSSR count). The van der Waals surface area contributed by atoms with Gasteiger partial charge in [-0.05, 0) is 37.0 Å². The number of hydrogen-bond acceptors (Lipinski definition) is 6. The number of aliphatic hydroxyl groups is 1. The molecular formula is C23H39F2N3O5Si. The Bertz CT molecular complexity index is 897. The van der Waals surface area contributed by atoms with Gasteiger partial charge in [0.05, 0.1) is 6.61 Å². The third kappa shape index (κ3) is 6.10. The molecule has 0 saturated carbocycles. The van der Waals surface area contributed by atoms with Crippen molar-refractivity contribution in [3.05, 3.63) is 22.7 Å². The van der Waals surface area contributed by atoms with Crippen LogP contribution in [-0.2, 0) is 14.0 Å². The van der Waals surface area contributed by atoms with Gasteiger partial charge in [-0.25, -0.2) is 4.79 Å². The second-order valence-electron chi connectivity index (χ2n) is 10.4. The molecule has 1 amide bonds. The van der Waals surface area contributed by atoms with Crippen LogP contribution in [0.4, 0.5) is 14.6 Å². The fraction of sp³-hybridized carbons (Fsp3) is 0.783. The summed E-state index contributed by atoms with van der Waals surface area (Å²) in [5, 5.41) is 12.0. The molecule has 2 N–H and O–H groups in total. The number of rotatable bonds is 10. The van der Waals surface area contributed by atoms with Crippen LogP contribution in [0.5, 0.6) is 0 Å². The molecule has 2 heterocycles. The van der Waals surface area contributed by atoms with Crippen molar-refractivity contribution < 1.29 is 27.8 Å². The van der Waals surface area contributed by atoms with E-state index in [9.17, 15) is 14.7 Å². The minimum absolute atomic E-state index is 0.00227. The summed E-state index contributed by atoms with van der Waals surface area (Å²) in [6.07, 6.45) is -0.786. The van der Waals surface area contributed by atoms with E-state index in [2.05, 4.69) is 10.3 Å². The number of amides is 1. The summed E-state index contributed by atoms with van der Waals surface area (Å²) in [6, 6.07) is 1.30. The molecule has 0 radical (unpaired) electrons. The van der Waals surface area contributed by atoms with Gasteiger partial charge in [0.15, 0.2) is 8.32 Å². The van der Waals surface area contributed by atoms with Crippen LogP contribution in [0.15, 0.2) is 17.1 Å². The van der Waals surface area contributed by atoms with Gasteiger partial charge in [-0.15, -0.1) is 0 Å². The first kappa shape index (κ1) is 28.5. The van der Waals surface area contributed by atoms with Crippen LogP contribution >= 0.6 is 0 Å². The highest BCUT2D eigenvalue weighted by Gasteiger charge is 2.62. The van der Waals surface area contributed by atoms with Crippen LogP contribution in [0.2, 0.25) is 18.1 Å². The maximum absolute atomic E-state index is 15.5. The Morgan fingerprint density at radius 3 is 2.38 bits per heavy atom. The Morgan fingerprint density at radius 1 is 1.32 bits per heavy atom. The maximum Gasteiger partial charge on any atom is 0.351 e. The number of carbonyl (C=O) groups is 1. The van der Waals surface area contributed by atoms with E-state index in [0.717, 1.165) is 19.0 Å². The quantitative estimate of drug-likeness (QED) is 0.461. The molecule has 0 spiro atoms. The van der Waals surface area contributed by atoms with Gasteiger partial charge in [-0.2, -0.15) is 13.8 Å².